The van der Waals surface area contributed by atoms with Crippen molar-refractivity contribution >= 4 is 10.9 Å². The zero-order valence-electron chi connectivity index (χ0n) is 18.1. The maximum Gasteiger partial charge on any atom is 0.204 e. The number of ether oxygens (including phenoxy) is 1. The molecule has 1 aliphatic heterocycles. The molecule has 4 aromatic rings. The molecular weight excluding hydrogens is 407 g/mol. The number of fused-ring (bicyclic) bond motifs is 1. The number of H-pyrrole nitrogens is 1. The van der Waals surface area contributed by atoms with Crippen LogP contribution in [-0.4, -0.2) is 49.7 Å². The number of nitrogens with one attached hydrogen (secondary N) is 1. The molecule has 0 radical (unpaired) electrons. The summed E-state index contributed by atoms with van der Waals surface area (Å²) in [6.07, 6.45) is 1.87. The third-order valence-corrected chi connectivity index (χ3v) is 6.18. The van der Waals surface area contributed by atoms with Gasteiger partial charge in [0.2, 0.25) is 5.82 Å². The third-order valence-electron chi connectivity index (χ3n) is 6.18. The van der Waals surface area contributed by atoms with Gasteiger partial charge in [0.25, 0.3) is 0 Å². The molecule has 1 atom stereocenters. The fourth-order valence-electron chi connectivity index (χ4n) is 4.49. The number of halogens is 1. The van der Waals surface area contributed by atoms with E-state index in [-0.39, 0.29) is 18.0 Å². The monoisotopic (exact) mass is 432 g/mol. The number of nitrogens with zero attached hydrogens (tertiary/aromatic N) is 5. The van der Waals surface area contributed by atoms with Crippen molar-refractivity contribution in [1.29, 1.82) is 0 Å². The fraction of sp³-hybridized carbons (Fsp3) is 0.333. The number of hydrogen-bond acceptors (Lipinski definition) is 6. The Labute approximate surface area is 185 Å². The van der Waals surface area contributed by atoms with Crippen LogP contribution < -0.4 is 4.74 Å². The standard InChI is InChI=1S/C24H25FN6O/c1-15-13-23(21-14-17(25)7-8-22(21)26-15)32-18-9-11-31(12-10-18)16(2)19-5-3-4-6-20(19)24-27-29-30-28-24/h3-8,13-14,16,18H,9-12H2,1-2H3,(H,27,28,29,30). The predicted octanol–water partition coefficient (Wildman–Crippen LogP) is 4.47. The van der Waals surface area contributed by atoms with Gasteiger partial charge < -0.3 is 4.74 Å². The van der Waals surface area contributed by atoms with Crippen LogP contribution in [0.2, 0.25) is 0 Å². The van der Waals surface area contributed by atoms with Crippen molar-refractivity contribution < 1.29 is 9.13 Å². The quantitative estimate of drug-likeness (QED) is 0.501. The average molecular weight is 433 g/mol. The van der Waals surface area contributed by atoms with Crippen LogP contribution in [0.25, 0.3) is 22.3 Å². The maximum absolute atomic E-state index is 13.8. The van der Waals surface area contributed by atoms with E-state index in [4.69, 9.17) is 4.74 Å². The summed E-state index contributed by atoms with van der Waals surface area (Å²) in [4.78, 5) is 6.95. The minimum atomic E-state index is -0.281. The second kappa shape index (κ2) is 8.63. The summed E-state index contributed by atoms with van der Waals surface area (Å²) in [6, 6.07) is 14.9. The van der Waals surface area contributed by atoms with E-state index in [2.05, 4.69) is 43.5 Å². The number of aryl methyl sites for hydroxylation is 1. The van der Waals surface area contributed by atoms with Crippen LogP contribution in [0.1, 0.15) is 37.1 Å². The molecule has 1 saturated heterocycles. The summed E-state index contributed by atoms with van der Waals surface area (Å²) in [7, 11) is 0. The first-order valence-corrected chi connectivity index (χ1v) is 10.9. The van der Waals surface area contributed by atoms with Gasteiger partial charge in [-0.25, -0.2) is 4.39 Å². The highest BCUT2D eigenvalue weighted by Crippen LogP contribution is 2.33. The highest BCUT2D eigenvalue weighted by Gasteiger charge is 2.27. The Morgan fingerprint density at radius 3 is 2.72 bits per heavy atom. The number of tetrazole rings is 1. The lowest BCUT2D eigenvalue weighted by Crippen LogP contribution is -2.39. The largest absolute Gasteiger partial charge is 0.490 e. The average Bonchev–Trinajstić information content (AvgIpc) is 3.34. The molecule has 1 N–H and O–H groups in total. The predicted molar refractivity (Wildman–Crippen MR) is 120 cm³/mol. The zero-order valence-corrected chi connectivity index (χ0v) is 18.1. The fourth-order valence-corrected chi connectivity index (χ4v) is 4.49. The maximum atomic E-state index is 13.8. The number of aromatic amines is 1. The van der Waals surface area contributed by atoms with Gasteiger partial charge in [0.15, 0.2) is 0 Å². The number of pyridine rings is 1. The second-order valence-corrected chi connectivity index (χ2v) is 8.28. The van der Waals surface area contributed by atoms with Gasteiger partial charge in [-0.1, -0.05) is 24.3 Å². The highest BCUT2D eigenvalue weighted by molar-refractivity contribution is 5.85. The molecule has 0 saturated carbocycles. The molecule has 1 aliphatic rings. The lowest BCUT2D eigenvalue weighted by molar-refractivity contribution is 0.0807. The molecule has 164 valence electrons. The minimum Gasteiger partial charge on any atom is -0.490 e. The topological polar surface area (TPSA) is 79.8 Å². The van der Waals surface area contributed by atoms with Crippen LogP contribution in [0.15, 0.2) is 48.5 Å². The summed E-state index contributed by atoms with van der Waals surface area (Å²) in [5, 5.41) is 15.3. The van der Waals surface area contributed by atoms with Gasteiger partial charge in [0.05, 0.1) is 5.52 Å². The molecule has 2 aromatic carbocycles. The molecule has 5 rings (SSSR count). The van der Waals surface area contributed by atoms with Crippen LogP contribution in [0.4, 0.5) is 4.39 Å². The summed E-state index contributed by atoms with van der Waals surface area (Å²) in [5.41, 5.74) is 3.79. The van der Waals surface area contributed by atoms with Crippen molar-refractivity contribution in [3.8, 4) is 17.1 Å². The normalized spacial score (nSPS) is 16.3. The van der Waals surface area contributed by atoms with Gasteiger partial charge in [-0.2, -0.15) is 5.21 Å². The van der Waals surface area contributed by atoms with Gasteiger partial charge in [0.1, 0.15) is 17.7 Å². The lowest BCUT2D eigenvalue weighted by Gasteiger charge is -2.36. The lowest BCUT2D eigenvalue weighted by atomic mass is 9.97. The van der Waals surface area contributed by atoms with Crippen molar-refractivity contribution in [2.24, 2.45) is 0 Å². The number of aromatic nitrogens is 5. The summed E-state index contributed by atoms with van der Waals surface area (Å²) in [5.74, 6) is 1.04. The molecule has 1 fully saturated rings. The molecule has 0 bridgehead atoms. The van der Waals surface area contributed by atoms with Crippen LogP contribution in [0.3, 0.4) is 0 Å². The molecule has 2 aromatic heterocycles. The first-order chi connectivity index (χ1) is 15.6. The number of piperidine rings is 1. The van der Waals surface area contributed by atoms with Crippen molar-refractivity contribution in [3.63, 3.8) is 0 Å². The number of rotatable bonds is 5. The summed E-state index contributed by atoms with van der Waals surface area (Å²) >= 11 is 0. The van der Waals surface area contributed by atoms with Crippen molar-refractivity contribution in [2.75, 3.05) is 13.1 Å². The van der Waals surface area contributed by atoms with Crippen molar-refractivity contribution in [2.45, 2.75) is 38.8 Å². The second-order valence-electron chi connectivity index (χ2n) is 8.28. The van der Waals surface area contributed by atoms with Crippen molar-refractivity contribution in [1.82, 2.24) is 30.5 Å². The van der Waals surface area contributed by atoms with Crippen LogP contribution in [-0.2, 0) is 0 Å². The Morgan fingerprint density at radius 2 is 1.94 bits per heavy atom. The molecule has 0 spiro atoms. The summed E-state index contributed by atoms with van der Waals surface area (Å²) < 4.78 is 20.2. The molecule has 32 heavy (non-hydrogen) atoms. The van der Waals surface area contributed by atoms with Gasteiger partial charge in [-0.05, 0) is 55.7 Å². The van der Waals surface area contributed by atoms with E-state index in [0.29, 0.717) is 11.6 Å². The molecule has 7 nitrogen and oxygen atoms in total. The zero-order chi connectivity index (χ0) is 22.1. The molecule has 8 heteroatoms. The first-order valence-electron chi connectivity index (χ1n) is 10.9. The Hall–Kier alpha value is -3.39. The van der Waals surface area contributed by atoms with Gasteiger partial charge in [-0.15, -0.1) is 10.2 Å². The smallest absolute Gasteiger partial charge is 0.204 e. The molecular formula is C24H25FN6O. The van der Waals surface area contributed by atoms with Crippen LogP contribution in [0.5, 0.6) is 5.75 Å². The van der Waals surface area contributed by atoms with E-state index >= 15 is 0 Å². The molecule has 0 amide bonds. The molecule has 0 aliphatic carbocycles. The van der Waals surface area contributed by atoms with E-state index in [9.17, 15) is 4.39 Å². The van der Waals surface area contributed by atoms with Gasteiger partial charge in [0, 0.05) is 41.8 Å². The van der Waals surface area contributed by atoms with E-state index in [1.54, 1.807) is 6.07 Å². The number of likely N-dealkylation sites (tertiary alicyclic amines) is 1. The SMILES string of the molecule is Cc1cc(OC2CCN(C(C)c3ccccc3-c3nn[nH]n3)CC2)c2cc(F)ccc2n1. The van der Waals surface area contributed by atoms with E-state index in [1.165, 1.54) is 17.7 Å². The number of benzene rings is 2. The first kappa shape index (κ1) is 20.5. The van der Waals surface area contributed by atoms with Crippen molar-refractivity contribution in [3.05, 3.63) is 65.6 Å². The Kier molecular flexibility index (Phi) is 5.53. The van der Waals surface area contributed by atoms with Gasteiger partial charge >= 0.3 is 0 Å². The molecule has 1 unspecified atom stereocenters. The summed E-state index contributed by atoms with van der Waals surface area (Å²) in [6.45, 7) is 5.95. The van der Waals surface area contributed by atoms with Crippen LogP contribution in [0, 0.1) is 12.7 Å². The Morgan fingerprint density at radius 1 is 1.12 bits per heavy atom. The van der Waals surface area contributed by atoms with Gasteiger partial charge in [-0.3, -0.25) is 9.88 Å². The third kappa shape index (κ3) is 4.05. The van der Waals surface area contributed by atoms with Crippen LogP contribution >= 0.6 is 0 Å². The van der Waals surface area contributed by atoms with E-state index in [0.717, 1.165) is 48.1 Å². The Balaban J connectivity index is 1.30. The van der Waals surface area contributed by atoms with E-state index in [1.807, 2.05) is 31.2 Å². The minimum absolute atomic E-state index is 0.0826. The number of hydrogen-bond donors (Lipinski definition) is 1. The molecule has 3 heterocycles. The van der Waals surface area contributed by atoms with E-state index < -0.39 is 0 Å². The Bertz CT molecular complexity index is 1220. The highest BCUT2D eigenvalue weighted by atomic mass is 19.1.